The number of alkyl halides is 3. The number of aromatic amines is 1. The quantitative estimate of drug-likeness (QED) is 0.936. The predicted octanol–water partition coefficient (Wildman–Crippen LogP) is 3.19. The van der Waals surface area contributed by atoms with Gasteiger partial charge in [-0.25, -0.2) is 4.98 Å². The van der Waals surface area contributed by atoms with Crippen LogP contribution in [0.3, 0.4) is 0 Å². The summed E-state index contributed by atoms with van der Waals surface area (Å²) in [6.07, 6.45) is -2.88. The lowest BCUT2D eigenvalue weighted by atomic mass is 9.91. The fourth-order valence-electron chi connectivity index (χ4n) is 1.71. The Hall–Kier alpha value is -1.44. The molecule has 98 valence electrons. The van der Waals surface area contributed by atoms with Crippen molar-refractivity contribution < 1.29 is 13.2 Å². The van der Waals surface area contributed by atoms with Crippen molar-refractivity contribution in [1.82, 2.24) is 20.4 Å². The van der Waals surface area contributed by atoms with Crippen molar-refractivity contribution in [3.05, 3.63) is 28.0 Å². The van der Waals surface area contributed by atoms with Gasteiger partial charge in [-0.3, -0.25) is 5.10 Å². The van der Waals surface area contributed by atoms with Crippen molar-refractivity contribution in [1.29, 1.82) is 0 Å². The van der Waals surface area contributed by atoms with Crippen molar-refractivity contribution in [3.63, 3.8) is 0 Å². The number of nitrogens with zero attached hydrogens (tertiary/aromatic N) is 3. The zero-order valence-electron chi connectivity index (χ0n) is 9.69. The molecule has 18 heavy (non-hydrogen) atoms. The molecule has 0 saturated carbocycles. The molecule has 8 heteroatoms. The van der Waals surface area contributed by atoms with Gasteiger partial charge in [0.25, 0.3) is 0 Å². The molecule has 2 atom stereocenters. The summed E-state index contributed by atoms with van der Waals surface area (Å²) >= 11 is 1.02. The second-order valence-corrected chi connectivity index (χ2v) is 4.94. The lowest BCUT2D eigenvalue weighted by Gasteiger charge is -2.18. The summed E-state index contributed by atoms with van der Waals surface area (Å²) in [5, 5.41) is 9.89. The van der Waals surface area contributed by atoms with Gasteiger partial charge in [-0.05, 0) is 0 Å². The maximum absolute atomic E-state index is 12.8. The monoisotopic (exact) mass is 276 g/mol. The third kappa shape index (κ3) is 2.38. The van der Waals surface area contributed by atoms with Crippen LogP contribution < -0.4 is 0 Å². The van der Waals surface area contributed by atoms with Crippen LogP contribution in [0.5, 0.6) is 0 Å². The van der Waals surface area contributed by atoms with Crippen molar-refractivity contribution in [2.24, 2.45) is 0 Å². The molecule has 0 spiro atoms. The molecule has 0 aliphatic carbocycles. The number of halogens is 3. The lowest BCUT2D eigenvalue weighted by Crippen LogP contribution is -2.13. The molecule has 2 unspecified atom stereocenters. The van der Waals surface area contributed by atoms with E-state index in [0.717, 1.165) is 11.3 Å². The first-order chi connectivity index (χ1) is 8.41. The van der Waals surface area contributed by atoms with Crippen LogP contribution in [0.25, 0.3) is 0 Å². The van der Waals surface area contributed by atoms with E-state index < -0.39 is 11.9 Å². The van der Waals surface area contributed by atoms with E-state index in [9.17, 15) is 13.2 Å². The van der Waals surface area contributed by atoms with E-state index in [2.05, 4.69) is 20.4 Å². The number of hydrogen-bond donors (Lipinski definition) is 1. The minimum Gasteiger partial charge on any atom is -0.262 e. The molecule has 0 bridgehead atoms. The van der Waals surface area contributed by atoms with Gasteiger partial charge in [0.05, 0.1) is 17.4 Å². The fourth-order valence-corrected chi connectivity index (χ4v) is 2.68. The van der Waals surface area contributed by atoms with Gasteiger partial charge in [-0.2, -0.15) is 13.2 Å². The molecule has 0 fully saturated rings. The molecular formula is C10H11F3N4S. The highest BCUT2D eigenvalue weighted by Crippen LogP contribution is 2.41. The summed E-state index contributed by atoms with van der Waals surface area (Å²) in [7, 11) is 0. The molecule has 4 nitrogen and oxygen atoms in total. The zero-order chi connectivity index (χ0) is 13.3. The topological polar surface area (TPSA) is 54.5 Å². The largest absolute Gasteiger partial charge is 0.434 e. The van der Waals surface area contributed by atoms with E-state index in [4.69, 9.17) is 0 Å². The van der Waals surface area contributed by atoms with E-state index in [1.807, 2.05) is 6.92 Å². The number of rotatable bonds is 3. The second-order valence-electron chi connectivity index (χ2n) is 4.05. The van der Waals surface area contributed by atoms with Gasteiger partial charge in [0, 0.05) is 16.7 Å². The van der Waals surface area contributed by atoms with Crippen LogP contribution in [0.15, 0.2) is 11.7 Å². The summed E-state index contributed by atoms with van der Waals surface area (Å²) in [5.74, 6) is -0.446. The summed E-state index contributed by atoms with van der Waals surface area (Å²) in [4.78, 5) is 3.66. The maximum atomic E-state index is 12.8. The van der Waals surface area contributed by atoms with E-state index in [1.165, 1.54) is 11.7 Å². The van der Waals surface area contributed by atoms with Crippen molar-refractivity contribution in [3.8, 4) is 0 Å². The third-order valence-electron chi connectivity index (χ3n) is 2.95. The average Bonchev–Trinajstić information content (AvgIpc) is 2.96. The van der Waals surface area contributed by atoms with Crippen LogP contribution in [0.1, 0.15) is 41.9 Å². The molecule has 0 saturated heterocycles. The smallest absolute Gasteiger partial charge is 0.262 e. The molecule has 0 aliphatic heterocycles. The van der Waals surface area contributed by atoms with Crippen molar-refractivity contribution in [2.75, 3.05) is 0 Å². The molecule has 2 rings (SSSR count). The minimum absolute atomic E-state index is 0.137. The van der Waals surface area contributed by atoms with Crippen LogP contribution in [0, 0.1) is 0 Å². The molecule has 2 heterocycles. The average molecular weight is 276 g/mol. The standard InChI is InChI=1S/C10H11F3N4S/c1-5(7-3-15-17-16-7)6(2)8-9(10(11,12)13)14-4-18-8/h3-6H,1-2H3,(H,15,16,17). The number of thiazole rings is 1. The van der Waals surface area contributed by atoms with Crippen LogP contribution in [0.2, 0.25) is 0 Å². The second kappa shape index (κ2) is 4.68. The zero-order valence-corrected chi connectivity index (χ0v) is 10.5. The van der Waals surface area contributed by atoms with E-state index in [0.29, 0.717) is 5.69 Å². The van der Waals surface area contributed by atoms with Crippen LogP contribution in [-0.4, -0.2) is 20.4 Å². The summed E-state index contributed by atoms with van der Waals surface area (Å²) in [6.45, 7) is 3.58. The predicted molar refractivity (Wildman–Crippen MR) is 60.3 cm³/mol. The molecule has 0 aromatic carbocycles. The van der Waals surface area contributed by atoms with Gasteiger partial charge in [0.15, 0.2) is 5.69 Å². The number of aromatic nitrogens is 4. The molecule has 1 N–H and O–H groups in total. The highest BCUT2D eigenvalue weighted by molar-refractivity contribution is 7.09. The van der Waals surface area contributed by atoms with Gasteiger partial charge < -0.3 is 0 Å². The first-order valence-corrected chi connectivity index (χ1v) is 6.15. The van der Waals surface area contributed by atoms with Gasteiger partial charge in [0.1, 0.15) is 0 Å². The van der Waals surface area contributed by atoms with Gasteiger partial charge in [-0.1, -0.05) is 19.1 Å². The Morgan fingerprint density at radius 2 is 2.00 bits per heavy atom. The van der Waals surface area contributed by atoms with Crippen LogP contribution in [-0.2, 0) is 6.18 Å². The van der Waals surface area contributed by atoms with E-state index in [1.54, 1.807) is 6.92 Å². The van der Waals surface area contributed by atoms with Crippen molar-refractivity contribution in [2.45, 2.75) is 31.9 Å². The van der Waals surface area contributed by atoms with Gasteiger partial charge in [-0.15, -0.1) is 16.4 Å². The molecule has 2 aromatic rings. The molecule has 2 aromatic heterocycles. The molecule has 0 aliphatic rings. The Bertz CT molecular complexity index is 505. The van der Waals surface area contributed by atoms with Crippen LogP contribution >= 0.6 is 11.3 Å². The Balaban J connectivity index is 2.30. The summed E-state index contributed by atoms with van der Waals surface area (Å²) < 4.78 is 38.3. The highest BCUT2D eigenvalue weighted by Gasteiger charge is 2.38. The first kappa shape index (κ1) is 13.0. The normalized spacial score (nSPS) is 15.6. The van der Waals surface area contributed by atoms with Gasteiger partial charge in [0.2, 0.25) is 0 Å². The molecule has 0 amide bonds. The minimum atomic E-state index is -4.41. The molecular weight excluding hydrogens is 265 g/mol. The first-order valence-electron chi connectivity index (χ1n) is 5.27. The Labute approximate surface area is 105 Å². The third-order valence-corrected chi connectivity index (χ3v) is 3.98. The SMILES string of the molecule is CC(c1cnn[nH]1)C(C)c1scnc1C(F)(F)F. The van der Waals surface area contributed by atoms with Crippen molar-refractivity contribution >= 4 is 11.3 Å². The summed E-state index contributed by atoms with van der Waals surface area (Å²) in [6, 6.07) is 0. The Kier molecular flexibility index (Phi) is 3.38. The number of hydrogen-bond acceptors (Lipinski definition) is 4. The van der Waals surface area contributed by atoms with E-state index >= 15 is 0 Å². The lowest BCUT2D eigenvalue weighted by molar-refractivity contribution is -0.141. The Morgan fingerprint density at radius 3 is 2.56 bits per heavy atom. The van der Waals surface area contributed by atoms with E-state index in [-0.39, 0.29) is 16.7 Å². The highest BCUT2D eigenvalue weighted by atomic mass is 32.1. The van der Waals surface area contributed by atoms with Gasteiger partial charge >= 0.3 is 6.18 Å². The number of H-pyrrole nitrogens is 1. The fraction of sp³-hybridized carbons (Fsp3) is 0.500. The number of nitrogens with one attached hydrogen (secondary N) is 1. The maximum Gasteiger partial charge on any atom is 0.434 e. The van der Waals surface area contributed by atoms with Crippen LogP contribution in [0.4, 0.5) is 13.2 Å². The molecule has 0 radical (unpaired) electrons. The summed E-state index contributed by atoms with van der Waals surface area (Å²) in [5.41, 5.74) is 1.15. The Morgan fingerprint density at radius 1 is 1.28 bits per heavy atom.